The number of phenols is 1. The van der Waals surface area contributed by atoms with Gasteiger partial charge in [-0.05, 0) is 55.6 Å². The van der Waals surface area contributed by atoms with Crippen molar-refractivity contribution in [1.29, 1.82) is 0 Å². The average molecular weight is 625 g/mol. The highest BCUT2D eigenvalue weighted by molar-refractivity contribution is 7.19. The van der Waals surface area contributed by atoms with E-state index in [1.165, 1.54) is 30.3 Å². The number of rotatable bonds is 8. The minimum Gasteiger partial charge on any atom is -0.504 e. The summed E-state index contributed by atoms with van der Waals surface area (Å²) in [6.45, 7) is -0.0678. The molecule has 2 amide bonds. The number of phenolic OH excluding ortho intramolecular Hbond substituents is 1. The zero-order valence-corrected chi connectivity index (χ0v) is 23.5. The van der Waals surface area contributed by atoms with Gasteiger partial charge in [0.15, 0.2) is 17.3 Å². The third-order valence-electron chi connectivity index (χ3n) is 5.87. The summed E-state index contributed by atoms with van der Waals surface area (Å²) in [5, 5.41) is 13.7. The molecule has 0 radical (unpaired) electrons. The van der Waals surface area contributed by atoms with Crippen molar-refractivity contribution < 1.29 is 36.6 Å². The Labute approximate surface area is 245 Å². The highest BCUT2D eigenvalue weighted by atomic mass is 35.5. The first-order chi connectivity index (χ1) is 19.7. The molecule has 0 aliphatic carbocycles. The number of hydrogen-bond acceptors (Lipinski definition) is 6. The highest BCUT2D eigenvalue weighted by Gasteiger charge is 2.33. The van der Waals surface area contributed by atoms with Crippen molar-refractivity contribution in [3.05, 3.63) is 99.2 Å². The molecule has 0 aliphatic rings. The SMILES string of the molecule is CN(C)Cc1ccc(F)c(-c2nc(C(=O)NCc3ccccc3C(F)(F)F)c(NC(=O)c3cc(F)c(O)c(Cl)c3)s2)c1. The van der Waals surface area contributed by atoms with Crippen molar-refractivity contribution in [1.82, 2.24) is 15.2 Å². The quantitative estimate of drug-likeness (QED) is 0.190. The van der Waals surface area contributed by atoms with E-state index in [1.807, 2.05) is 19.0 Å². The number of alkyl halides is 3. The molecule has 0 bridgehead atoms. The predicted octanol–water partition coefficient (Wildman–Crippen LogP) is 6.71. The van der Waals surface area contributed by atoms with Crippen LogP contribution in [0.25, 0.3) is 10.6 Å². The Morgan fingerprint density at radius 3 is 2.40 bits per heavy atom. The average Bonchev–Trinajstić information content (AvgIpc) is 3.34. The molecule has 0 unspecified atom stereocenters. The number of benzene rings is 3. The second kappa shape index (κ2) is 12.4. The molecular formula is C28H22ClF5N4O3S. The van der Waals surface area contributed by atoms with Gasteiger partial charge < -0.3 is 20.6 Å². The third kappa shape index (κ3) is 7.04. The summed E-state index contributed by atoms with van der Waals surface area (Å²) in [5.41, 5.74) is -1.12. The standard InChI is InChI=1S/C28H22ClF5N4O3S/c1-38(2)13-14-7-8-20(30)17(9-14)26-36-22(25(41)35-12-15-5-3-4-6-18(15)28(32,33)34)27(42-26)37-24(40)16-10-19(29)23(39)21(31)11-16/h3-11,39H,12-13H2,1-2H3,(H,35,41)(H,37,40). The summed E-state index contributed by atoms with van der Waals surface area (Å²) >= 11 is 6.51. The van der Waals surface area contributed by atoms with Gasteiger partial charge >= 0.3 is 6.18 Å². The van der Waals surface area contributed by atoms with Crippen LogP contribution in [0, 0.1) is 11.6 Å². The molecule has 3 aromatic carbocycles. The van der Waals surface area contributed by atoms with Crippen LogP contribution in [-0.2, 0) is 19.3 Å². The lowest BCUT2D eigenvalue weighted by molar-refractivity contribution is -0.138. The van der Waals surface area contributed by atoms with Crippen molar-refractivity contribution in [2.45, 2.75) is 19.3 Å². The van der Waals surface area contributed by atoms with Gasteiger partial charge in [0.2, 0.25) is 0 Å². The number of amides is 2. The lowest BCUT2D eigenvalue weighted by Crippen LogP contribution is -2.26. The molecular weight excluding hydrogens is 603 g/mol. The fourth-order valence-corrected chi connectivity index (χ4v) is 5.14. The molecule has 4 aromatic rings. The second-order valence-corrected chi connectivity index (χ2v) is 10.7. The van der Waals surface area contributed by atoms with Gasteiger partial charge in [0.05, 0.1) is 10.6 Å². The van der Waals surface area contributed by atoms with Crippen LogP contribution in [0.3, 0.4) is 0 Å². The van der Waals surface area contributed by atoms with Crippen LogP contribution in [0.2, 0.25) is 5.02 Å². The molecule has 0 spiro atoms. The van der Waals surface area contributed by atoms with E-state index >= 15 is 0 Å². The fraction of sp³-hybridized carbons (Fsp3) is 0.179. The first-order valence-electron chi connectivity index (χ1n) is 12.1. The van der Waals surface area contributed by atoms with Crippen molar-refractivity contribution in [2.75, 3.05) is 19.4 Å². The smallest absolute Gasteiger partial charge is 0.416 e. The summed E-state index contributed by atoms with van der Waals surface area (Å²) in [6, 6.07) is 10.7. The number of nitrogens with zero attached hydrogens (tertiary/aromatic N) is 2. The highest BCUT2D eigenvalue weighted by Crippen LogP contribution is 2.36. The molecule has 0 saturated heterocycles. The Morgan fingerprint density at radius 1 is 1.02 bits per heavy atom. The zero-order chi connectivity index (χ0) is 30.8. The molecule has 1 aromatic heterocycles. The minimum atomic E-state index is -4.66. The molecule has 14 heteroatoms. The number of hydrogen-bond donors (Lipinski definition) is 3. The number of nitrogens with one attached hydrogen (secondary N) is 2. The van der Waals surface area contributed by atoms with Crippen LogP contribution in [-0.4, -0.2) is 40.9 Å². The van der Waals surface area contributed by atoms with Gasteiger partial charge in [-0.25, -0.2) is 13.8 Å². The van der Waals surface area contributed by atoms with Crippen molar-refractivity contribution in [3.8, 4) is 16.3 Å². The van der Waals surface area contributed by atoms with Gasteiger partial charge in [-0.1, -0.05) is 47.2 Å². The topological polar surface area (TPSA) is 94.6 Å². The van der Waals surface area contributed by atoms with Crippen LogP contribution < -0.4 is 10.6 Å². The second-order valence-electron chi connectivity index (χ2n) is 9.33. The van der Waals surface area contributed by atoms with E-state index in [0.29, 0.717) is 6.54 Å². The zero-order valence-electron chi connectivity index (χ0n) is 21.9. The van der Waals surface area contributed by atoms with E-state index in [9.17, 15) is 36.6 Å². The number of carbonyl (C=O) groups excluding carboxylic acids is 2. The lowest BCUT2D eigenvalue weighted by Gasteiger charge is -2.13. The van der Waals surface area contributed by atoms with Gasteiger partial charge in [-0.3, -0.25) is 9.59 Å². The molecule has 7 nitrogen and oxygen atoms in total. The third-order valence-corrected chi connectivity index (χ3v) is 7.16. The summed E-state index contributed by atoms with van der Waals surface area (Å²) < 4.78 is 69.2. The van der Waals surface area contributed by atoms with Crippen LogP contribution in [0.1, 0.15) is 37.5 Å². The minimum absolute atomic E-state index is 0.000771. The van der Waals surface area contributed by atoms with Gasteiger partial charge in [0.1, 0.15) is 15.8 Å². The molecule has 4 rings (SSSR count). The first kappa shape index (κ1) is 30.9. The van der Waals surface area contributed by atoms with Crippen LogP contribution in [0.4, 0.5) is 27.0 Å². The number of aromatic nitrogens is 1. The van der Waals surface area contributed by atoms with Crippen LogP contribution in [0.15, 0.2) is 54.6 Å². The maximum absolute atomic E-state index is 14.9. The fourth-order valence-electron chi connectivity index (χ4n) is 3.96. The largest absolute Gasteiger partial charge is 0.504 e. The van der Waals surface area contributed by atoms with Gasteiger partial charge in [0, 0.05) is 24.2 Å². The number of thiazole rings is 1. The van der Waals surface area contributed by atoms with Crippen LogP contribution in [0.5, 0.6) is 5.75 Å². The Balaban J connectivity index is 1.71. The predicted molar refractivity (Wildman–Crippen MR) is 149 cm³/mol. The van der Waals surface area contributed by atoms with E-state index in [2.05, 4.69) is 15.6 Å². The molecule has 3 N–H and O–H groups in total. The van der Waals surface area contributed by atoms with E-state index in [4.69, 9.17) is 11.6 Å². The van der Waals surface area contributed by atoms with Gasteiger partial charge in [0.25, 0.3) is 11.8 Å². The van der Waals surface area contributed by atoms with Crippen molar-refractivity contribution in [2.24, 2.45) is 0 Å². The van der Waals surface area contributed by atoms with Crippen molar-refractivity contribution in [3.63, 3.8) is 0 Å². The number of halogens is 6. The normalized spacial score (nSPS) is 11.5. The molecule has 0 aliphatic heterocycles. The lowest BCUT2D eigenvalue weighted by atomic mass is 10.1. The Hall–Kier alpha value is -4.07. The molecule has 0 saturated carbocycles. The molecule has 1 heterocycles. The van der Waals surface area contributed by atoms with E-state index in [1.54, 1.807) is 6.07 Å². The Bertz CT molecular complexity index is 1640. The molecule has 0 atom stereocenters. The number of aromatic hydroxyl groups is 1. The van der Waals surface area contributed by atoms with Gasteiger partial charge in [-0.15, -0.1) is 0 Å². The molecule has 220 valence electrons. The van der Waals surface area contributed by atoms with Crippen LogP contribution >= 0.6 is 22.9 Å². The van der Waals surface area contributed by atoms with E-state index < -0.39 is 58.2 Å². The van der Waals surface area contributed by atoms with Crippen molar-refractivity contribution >= 4 is 39.8 Å². The maximum atomic E-state index is 14.9. The summed E-state index contributed by atoms with van der Waals surface area (Å²) in [5.74, 6) is -4.59. The maximum Gasteiger partial charge on any atom is 0.416 e. The number of anilines is 1. The molecule has 42 heavy (non-hydrogen) atoms. The summed E-state index contributed by atoms with van der Waals surface area (Å²) in [6.07, 6.45) is -4.66. The first-order valence-corrected chi connectivity index (χ1v) is 13.3. The summed E-state index contributed by atoms with van der Waals surface area (Å²) in [4.78, 5) is 32.2. The monoisotopic (exact) mass is 624 g/mol. The number of carbonyl (C=O) groups is 2. The summed E-state index contributed by atoms with van der Waals surface area (Å²) in [7, 11) is 3.63. The molecule has 0 fully saturated rings. The van der Waals surface area contributed by atoms with E-state index in [-0.39, 0.29) is 26.7 Å². The van der Waals surface area contributed by atoms with E-state index in [0.717, 1.165) is 35.1 Å². The Morgan fingerprint density at radius 2 is 1.74 bits per heavy atom. The van der Waals surface area contributed by atoms with Gasteiger partial charge in [-0.2, -0.15) is 13.2 Å². The Kier molecular flexibility index (Phi) is 9.14.